The molecule has 2 N–H and O–H groups in total. The molecule has 0 saturated carbocycles. The minimum absolute atomic E-state index is 0.0984. The molecule has 0 radical (unpaired) electrons. The second kappa shape index (κ2) is 9.49. The maximum atomic E-state index is 13.3. The van der Waals surface area contributed by atoms with Crippen molar-refractivity contribution in [3.05, 3.63) is 69.7 Å². The molecule has 1 aromatic heterocycles. The number of aryl methyl sites for hydroxylation is 4. The molecule has 2 aromatic carbocycles. The number of nitrogens with zero attached hydrogens (tertiary/aromatic N) is 3. The molecular formula is C27H33N5OS. The summed E-state index contributed by atoms with van der Waals surface area (Å²) in [5.41, 5.74) is 13.9. The Balaban J connectivity index is 1.21. The Morgan fingerprint density at radius 3 is 2.50 bits per heavy atom. The molecule has 2 aliphatic heterocycles. The van der Waals surface area contributed by atoms with Crippen LogP contribution in [0.25, 0.3) is 10.6 Å². The van der Waals surface area contributed by atoms with Crippen LogP contribution in [0.2, 0.25) is 0 Å². The molecule has 2 saturated heterocycles. The fraction of sp³-hybridized carbons (Fsp3) is 0.407. The van der Waals surface area contributed by atoms with Gasteiger partial charge in [-0.2, -0.15) is 0 Å². The van der Waals surface area contributed by atoms with Crippen LogP contribution < -0.4 is 15.8 Å². The Morgan fingerprint density at radius 1 is 0.971 bits per heavy atom. The number of aromatic nitrogens is 1. The van der Waals surface area contributed by atoms with Crippen LogP contribution in [-0.2, 0) is 4.79 Å². The highest BCUT2D eigenvalue weighted by atomic mass is 32.1. The first-order valence-corrected chi connectivity index (χ1v) is 12.9. The van der Waals surface area contributed by atoms with Crippen molar-refractivity contribution < 1.29 is 4.79 Å². The first-order chi connectivity index (χ1) is 16.4. The predicted molar refractivity (Wildman–Crippen MR) is 139 cm³/mol. The lowest BCUT2D eigenvalue weighted by Crippen LogP contribution is -2.53. The van der Waals surface area contributed by atoms with Gasteiger partial charge in [0.2, 0.25) is 5.91 Å². The molecule has 3 heterocycles. The Hall–Kier alpha value is -2.74. The number of carbonyl (C=O) groups is 1. The number of rotatable bonds is 4. The van der Waals surface area contributed by atoms with Gasteiger partial charge in [0.1, 0.15) is 11.0 Å². The maximum Gasteiger partial charge on any atom is 0.241 e. The topological polar surface area (TPSA) is 60.5 Å². The summed E-state index contributed by atoms with van der Waals surface area (Å²) in [5, 5.41) is 1.04. The van der Waals surface area contributed by atoms with E-state index in [1.165, 1.54) is 27.3 Å². The average Bonchev–Trinajstić information content (AvgIpc) is 3.47. The van der Waals surface area contributed by atoms with E-state index in [0.29, 0.717) is 0 Å². The molecule has 2 aliphatic rings. The van der Waals surface area contributed by atoms with Crippen molar-refractivity contribution in [3.8, 4) is 10.6 Å². The Morgan fingerprint density at radius 2 is 1.74 bits per heavy atom. The molecule has 2 unspecified atom stereocenters. The van der Waals surface area contributed by atoms with E-state index < -0.39 is 0 Å². The molecule has 5 rings (SSSR count). The SMILES string of the molecule is Cc1cccc(-c2nc(C)c(C3CC(C(=O)N4CCN(c5cc(C)ccc5C)CC4)NN3)s2)c1. The van der Waals surface area contributed by atoms with Crippen LogP contribution >= 0.6 is 11.3 Å². The van der Waals surface area contributed by atoms with E-state index in [0.717, 1.165) is 48.9 Å². The van der Waals surface area contributed by atoms with Crippen LogP contribution in [0.15, 0.2) is 42.5 Å². The smallest absolute Gasteiger partial charge is 0.241 e. The summed E-state index contributed by atoms with van der Waals surface area (Å²) in [6.07, 6.45) is 0.742. The van der Waals surface area contributed by atoms with E-state index >= 15 is 0 Å². The summed E-state index contributed by atoms with van der Waals surface area (Å²) < 4.78 is 0. The van der Waals surface area contributed by atoms with Crippen molar-refractivity contribution in [3.63, 3.8) is 0 Å². The third-order valence-corrected chi connectivity index (χ3v) is 8.23. The van der Waals surface area contributed by atoms with Crippen molar-refractivity contribution in [2.45, 2.75) is 46.2 Å². The molecule has 7 heteroatoms. The van der Waals surface area contributed by atoms with Crippen molar-refractivity contribution in [1.29, 1.82) is 0 Å². The molecule has 0 spiro atoms. The van der Waals surface area contributed by atoms with Gasteiger partial charge in [-0.25, -0.2) is 15.8 Å². The molecule has 1 amide bonds. The number of carbonyl (C=O) groups excluding carboxylic acids is 1. The molecule has 2 fully saturated rings. The summed E-state index contributed by atoms with van der Waals surface area (Å²) in [5.74, 6) is 0.191. The molecule has 178 valence electrons. The van der Waals surface area contributed by atoms with Gasteiger partial charge >= 0.3 is 0 Å². The standard InChI is InChI=1S/C27H33N5OS/c1-17-6-5-7-21(14-17)26-28-20(4)25(34-26)22-16-23(30-29-22)27(33)32-12-10-31(11-13-32)24-15-18(2)8-9-19(24)3/h5-9,14-15,22-23,29-30H,10-13,16H2,1-4H3. The van der Waals surface area contributed by atoms with Crippen LogP contribution in [0.1, 0.15) is 39.7 Å². The number of benzene rings is 2. The highest BCUT2D eigenvalue weighted by molar-refractivity contribution is 7.15. The molecule has 0 aliphatic carbocycles. The van der Waals surface area contributed by atoms with Gasteiger partial charge in [-0.15, -0.1) is 11.3 Å². The van der Waals surface area contributed by atoms with Gasteiger partial charge in [0.05, 0.1) is 11.7 Å². The zero-order chi connectivity index (χ0) is 23.8. The van der Waals surface area contributed by atoms with Crippen LogP contribution in [0.5, 0.6) is 0 Å². The monoisotopic (exact) mass is 475 g/mol. The van der Waals surface area contributed by atoms with E-state index in [4.69, 9.17) is 4.98 Å². The summed E-state index contributed by atoms with van der Waals surface area (Å²) in [6, 6.07) is 14.9. The summed E-state index contributed by atoms with van der Waals surface area (Å²) in [7, 11) is 0. The van der Waals surface area contributed by atoms with E-state index in [-0.39, 0.29) is 18.0 Å². The second-order valence-corrected chi connectivity index (χ2v) is 10.6. The molecular weight excluding hydrogens is 442 g/mol. The number of hydrogen-bond donors (Lipinski definition) is 2. The minimum atomic E-state index is -0.207. The quantitative estimate of drug-likeness (QED) is 0.589. The first kappa shape index (κ1) is 23.0. The van der Waals surface area contributed by atoms with Crippen molar-refractivity contribution in [2.75, 3.05) is 31.1 Å². The van der Waals surface area contributed by atoms with E-state index in [2.05, 4.69) is 85.9 Å². The number of anilines is 1. The summed E-state index contributed by atoms with van der Waals surface area (Å²) in [4.78, 5) is 23.7. The number of hydrazine groups is 1. The van der Waals surface area contributed by atoms with E-state index in [9.17, 15) is 4.79 Å². The lowest BCUT2D eigenvalue weighted by atomic mass is 10.1. The minimum Gasteiger partial charge on any atom is -0.368 e. The van der Waals surface area contributed by atoms with Crippen molar-refractivity contribution in [1.82, 2.24) is 20.7 Å². The number of amides is 1. The highest BCUT2D eigenvalue weighted by Gasteiger charge is 2.35. The molecule has 6 nitrogen and oxygen atoms in total. The Kier molecular flexibility index (Phi) is 6.42. The fourth-order valence-corrected chi connectivity index (χ4v) is 6.10. The predicted octanol–water partition coefficient (Wildman–Crippen LogP) is 4.30. The first-order valence-electron chi connectivity index (χ1n) is 12.1. The Bertz CT molecular complexity index is 1200. The lowest BCUT2D eigenvalue weighted by Gasteiger charge is -2.37. The van der Waals surface area contributed by atoms with Crippen molar-refractivity contribution in [2.24, 2.45) is 0 Å². The highest BCUT2D eigenvalue weighted by Crippen LogP contribution is 2.35. The maximum absolute atomic E-state index is 13.3. The van der Waals surface area contributed by atoms with Crippen LogP contribution in [-0.4, -0.2) is 48.0 Å². The Labute approximate surface area is 206 Å². The fourth-order valence-electron chi connectivity index (χ4n) is 4.97. The van der Waals surface area contributed by atoms with E-state index in [1.807, 2.05) is 4.90 Å². The van der Waals surface area contributed by atoms with Crippen LogP contribution in [0.4, 0.5) is 5.69 Å². The zero-order valence-corrected chi connectivity index (χ0v) is 21.2. The largest absolute Gasteiger partial charge is 0.368 e. The van der Waals surface area contributed by atoms with Crippen LogP contribution in [0, 0.1) is 27.7 Å². The zero-order valence-electron chi connectivity index (χ0n) is 20.4. The number of hydrogen-bond acceptors (Lipinski definition) is 6. The number of nitrogens with one attached hydrogen (secondary N) is 2. The van der Waals surface area contributed by atoms with Gasteiger partial charge in [0, 0.05) is 42.3 Å². The molecule has 3 aromatic rings. The second-order valence-electron chi connectivity index (χ2n) is 9.57. The van der Waals surface area contributed by atoms with Crippen molar-refractivity contribution >= 4 is 22.9 Å². The summed E-state index contributed by atoms with van der Waals surface area (Å²) >= 11 is 1.72. The van der Waals surface area contributed by atoms with Gasteiger partial charge < -0.3 is 9.80 Å². The van der Waals surface area contributed by atoms with E-state index in [1.54, 1.807) is 11.3 Å². The summed E-state index contributed by atoms with van der Waals surface area (Å²) in [6.45, 7) is 11.7. The molecule has 2 atom stereocenters. The third kappa shape index (κ3) is 4.60. The number of thiazole rings is 1. The van der Waals surface area contributed by atoms with Gasteiger partial charge in [-0.1, -0.05) is 35.9 Å². The van der Waals surface area contributed by atoms with Gasteiger partial charge in [-0.05, 0) is 57.4 Å². The average molecular weight is 476 g/mol. The third-order valence-electron chi connectivity index (χ3n) is 6.91. The molecule has 0 bridgehead atoms. The van der Waals surface area contributed by atoms with Gasteiger partial charge in [0.15, 0.2) is 0 Å². The van der Waals surface area contributed by atoms with Crippen LogP contribution in [0.3, 0.4) is 0 Å². The lowest BCUT2D eigenvalue weighted by molar-refractivity contribution is -0.133. The van der Waals surface area contributed by atoms with Gasteiger partial charge in [-0.3, -0.25) is 4.79 Å². The van der Waals surface area contributed by atoms with Gasteiger partial charge in [0.25, 0.3) is 0 Å². The number of piperazine rings is 1. The normalized spacial score (nSPS) is 20.7. The molecule has 34 heavy (non-hydrogen) atoms.